The molecule has 2 fully saturated rings. The summed E-state index contributed by atoms with van der Waals surface area (Å²) < 4.78 is 26.4. The SMILES string of the molecule is CO[C@H]1O[C@@H]2COCO[C@H]2[C@H](OC(=O)C(C)C)[C@H]1O. The molecule has 0 unspecified atom stereocenters. The van der Waals surface area contributed by atoms with E-state index < -0.39 is 36.7 Å². The van der Waals surface area contributed by atoms with Crippen LogP contribution in [-0.2, 0) is 28.5 Å². The molecule has 1 N–H and O–H groups in total. The Kier molecular flexibility index (Phi) is 4.75. The number of hydrogen-bond acceptors (Lipinski definition) is 7. The van der Waals surface area contributed by atoms with Gasteiger partial charge in [0.15, 0.2) is 12.4 Å². The number of methoxy groups -OCH3 is 1. The van der Waals surface area contributed by atoms with E-state index >= 15 is 0 Å². The topological polar surface area (TPSA) is 83.5 Å². The van der Waals surface area contributed by atoms with Gasteiger partial charge in [0.05, 0.1) is 12.5 Å². The molecule has 0 aromatic rings. The van der Waals surface area contributed by atoms with Crippen LogP contribution in [0.2, 0.25) is 0 Å². The van der Waals surface area contributed by atoms with Crippen molar-refractivity contribution in [3.8, 4) is 0 Å². The Morgan fingerprint density at radius 2 is 2.16 bits per heavy atom. The number of fused-ring (bicyclic) bond motifs is 1. The van der Waals surface area contributed by atoms with Gasteiger partial charge in [-0.1, -0.05) is 13.8 Å². The third kappa shape index (κ3) is 3.06. The number of carbonyl (C=O) groups is 1. The van der Waals surface area contributed by atoms with Crippen LogP contribution in [0.25, 0.3) is 0 Å². The third-order valence-electron chi connectivity index (χ3n) is 3.20. The van der Waals surface area contributed by atoms with Crippen molar-refractivity contribution in [1.29, 1.82) is 0 Å². The van der Waals surface area contributed by atoms with E-state index in [1.54, 1.807) is 13.8 Å². The molecular weight excluding hydrogens is 256 g/mol. The second-order valence-electron chi connectivity index (χ2n) is 4.95. The Hall–Kier alpha value is -0.730. The van der Waals surface area contributed by atoms with Crippen LogP contribution in [-0.4, -0.2) is 62.3 Å². The molecule has 7 nitrogen and oxygen atoms in total. The molecule has 2 heterocycles. The summed E-state index contributed by atoms with van der Waals surface area (Å²) in [4.78, 5) is 11.7. The Bertz CT molecular complexity index is 319. The van der Waals surface area contributed by atoms with E-state index in [9.17, 15) is 9.90 Å². The van der Waals surface area contributed by atoms with Gasteiger partial charge in [-0.2, -0.15) is 0 Å². The second kappa shape index (κ2) is 6.15. The molecule has 0 amide bonds. The molecule has 7 heteroatoms. The van der Waals surface area contributed by atoms with Crippen molar-refractivity contribution in [3.05, 3.63) is 0 Å². The first-order valence-electron chi connectivity index (χ1n) is 6.30. The number of aliphatic hydroxyl groups excluding tert-OH is 1. The maximum absolute atomic E-state index is 11.7. The van der Waals surface area contributed by atoms with Gasteiger partial charge in [0.25, 0.3) is 0 Å². The lowest BCUT2D eigenvalue weighted by Crippen LogP contribution is -2.63. The van der Waals surface area contributed by atoms with Gasteiger partial charge in [-0.3, -0.25) is 4.79 Å². The third-order valence-corrected chi connectivity index (χ3v) is 3.20. The molecule has 5 atom stereocenters. The van der Waals surface area contributed by atoms with Gasteiger partial charge >= 0.3 is 5.97 Å². The Labute approximate surface area is 111 Å². The van der Waals surface area contributed by atoms with Crippen LogP contribution in [0, 0.1) is 5.92 Å². The Morgan fingerprint density at radius 3 is 2.79 bits per heavy atom. The van der Waals surface area contributed by atoms with Gasteiger partial charge in [0.2, 0.25) is 0 Å². The zero-order valence-corrected chi connectivity index (χ0v) is 11.3. The monoisotopic (exact) mass is 276 g/mol. The number of ether oxygens (including phenoxy) is 5. The highest BCUT2D eigenvalue weighted by Crippen LogP contribution is 2.29. The minimum Gasteiger partial charge on any atom is -0.456 e. The molecule has 0 saturated carbocycles. The summed E-state index contributed by atoms with van der Waals surface area (Å²) in [5, 5.41) is 10.2. The minimum atomic E-state index is -1.09. The number of hydrogen-bond donors (Lipinski definition) is 1. The molecule has 0 aromatic carbocycles. The van der Waals surface area contributed by atoms with Crippen LogP contribution in [0.3, 0.4) is 0 Å². The maximum Gasteiger partial charge on any atom is 0.308 e. The molecule has 2 aliphatic heterocycles. The highest BCUT2D eigenvalue weighted by atomic mass is 16.7. The average Bonchev–Trinajstić information content (AvgIpc) is 2.41. The maximum atomic E-state index is 11.7. The van der Waals surface area contributed by atoms with E-state index in [2.05, 4.69) is 0 Å². The van der Waals surface area contributed by atoms with E-state index in [4.69, 9.17) is 23.7 Å². The first-order chi connectivity index (χ1) is 9.04. The fraction of sp³-hybridized carbons (Fsp3) is 0.917. The fourth-order valence-corrected chi connectivity index (χ4v) is 2.12. The lowest BCUT2D eigenvalue weighted by atomic mass is 9.98. The van der Waals surface area contributed by atoms with E-state index in [0.29, 0.717) is 6.61 Å². The fourth-order valence-electron chi connectivity index (χ4n) is 2.12. The summed E-state index contributed by atoms with van der Waals surface area (Å²) in [6, 6.07) is 0. The van der Waals surface area contributed by atoms with Gasteiger partial charge < -0.3 is 28.8 Å². The summed E-state index contributed by atoms with van der Waals surface area (Å²) in [6.45, 7) is 3.85. The Morgan fingerprint density at radius 1 is 1.42 bits per heavy atom. The lowest BCUT2D eigenvalue weighted by molar-refractivity contribution is -0.336. The molecule has 0 aromatic heterocycles. The molecule has 2 aliphatic rings. The standard InChI is InChI=1S/C12H20O7/c1-6(2)11(14)19-10-8(13)12(15-3)18-7-4-16-5-17-9(7)10/h6-10,12-13H,4-5H2,1-3H3/t7-,8-,9-,10-,12+/m1/s1. The first-order valence-corrected chi connectivity index (χ1v) is 6.30. The van der Waals surface area contributed by atoms with Gasteiger partial charge in [-0.05, 0) is 0 Å². The van der Waals surface area contributed by atoms with Gasteiger partial charge in [-0.25, -0.2) is 0 Å². The van der Waals surface area contributed by atoms with Crippen LogP contribution in [0.5, 0.6) is 0 Å². The average molecular weight is 276 g/mol. The number of aliphatic hydroxyl groups is 1. The summed E-state index contributed by atoms with van der Waals surface area (Å²) >= 11 is 0. The lowest BCUT2D eigenvalue weighted by Gasteiger charge is -2.45. The molecular formula is C12H20O7. The van der Waals surface area contributed by atoms with Gasteiger partial charge in [0.1, 0.15) is 25.1 Å². The smallest absolute Gasteiger partial charge is 0.308 e. The van der Waals surface area contributed by atoms with E-state index in [1.807, 2.05) is 0 Å². The molecule has 2 rings (SSSR count). The molecule has 0 spiro atoms. The minimum absolute atomic E-state index is 0.0879. The quantitative estimate of drug-likeness (QED) is 0.706. The van der Waals surface area contributed by atoms with E-state index in [0.717, 1.165) is 0 Å². The largest absolute Gasteiger partial charge is 0.456 e. The van der Waals surface area contributed by atoms with Crippen LogP contribution in [0.1, 0.15) is 13.8 Å². The second-order valence-corrected chi connectivity index (χ2v) is 4.95. The summed E-state index contributed by atoms with van der Waals surface area (Å²) in [5.74, 6) is -0.677. The molecule has 0 radical (unpaired) electrons. The first kappa shape index (κ1) is 14.7. The van der Waals surface area contributed by atoms with E-state index in [1.165, 1.54) is 7.11 Å². The van der Waals surface area contributed by atoms with Crippen molar-refractivity contribution in [1.82, 2.24) is 0 Å². The zero-order valence-electron chi connectivity index (χ0n) is 11.3. The van der Waals surface area contributed by atoms with Crippen LogP contribution in [0.15, 0.2) is 0 Å². The zero-order chi connectivity index (χ0) is 14.0. The number of esters is 1. The van der Waals surface area contributed by atoms with E-state index in [-0.39, 0.29) is 12.7 Å². The van der Waals surface area contributed by atoms with Crippen LogP contribution in [0.4, 0.5) is 0 Å². The van der Waals surface area contributed by atoms with Crippen LogP contribution >= 0.6 is 0 Å². The summed E-state index contributed by atoms with van der Waals surface area (Å²) in [7, 11) is 1.42. The predicted octanol–water partition coefficient (Wildman–Crippen LogP) is -0.341. The van der Waals surface area contributed by atoms with Crippen molar-refractivity contribution < 1.29 is 33.6 Å². The summed E-state index contributed by atoms with van der Waals surface area (Å²) in [6.07, 6.45) is -3.74. The van der Waals surface area contributed by atoms with Crippen molar-refractivity contribution in [3.63, 3.8) is 0 Å². The van der Waals surface area contributed by atoms with Crippen molar-refractivity contribution in [2.45, 2.75) is 44.6 Å². The number of rotatable bonds is 3. The van der Waals surface area contributed by atoms with Crippen molar-refractivity contribution in [2.24, 2.45) is 5.92 Å². The van der Waals surface area contributed by atoms with Gasteiger partial charge in [0, 0.05) is 7.11 Å². The Balaban J connectivity index is 2.12. The highest BCUT2D eigenvalue weighted by molar-refractivity contribution is 5.71. The highest BCUT2D eigenvalue weighted by Gasteiger charge is 2.50. The van der Waals surface area contributed by atoms with Crippen molar-refractivity contribution >= 4 is 5.97 Å². The van der Waals surface area contributed by atoms with Gasteiger partial charge in [-0.15, -0.1) is 0 Å². The number of carbonyl (C=O) groups excluding carboxylic acids is 1. The molecule has 0 bridgehead atoms. The summed E-state index contributed by atoms with van der Waals surface area (Å²) in [5.41, 5.74) is 0. The molecule has 2 saturated heterocycles. The molecule has 0 aliphatic carbocycles. The van der Waals surface area contributed by atoms with Crippen molar-refractivity contribution in [2.75, 3.05) is 20.5 Å². The molecule has 110 valence electrons. The molecule has 19 heavy (non-hydrogen) atoms. The van der Waals surface area contributed by atoms with Crippen LogP contribution < -0.4 is 0 Å². The normalized spacial score (nSPS) is 38.9. The predicted molar refractivity (Wildman–Crippen MR) is 62.1 cm³/mol.